The molecule has 39 heavy (non-hydrogen) atoms. The van der Waals surface area contributed by atoms with E-state index in [1.54, 1.807) is 19.9 Å². The normalized spacial score (nSPS) is 16.4. The highest BCUT2D eigenvalue weighted by molar-refractivity contribution is 5.97. The van der Waals surface area contributed by atoms with Crippen molar-refractivity contribution in [3.8, 4) is 0 Å². The van der Waals surface area contributed by atoms with Crippen LogP contribution in [0.5, 0.6) is 0 Å². The number of unbranched alkanes of at least 4 members (excludes halogenated alkanes) is 1. The molecule has 0 bridgehead atoms. The van der Waals surface area contributed by atoms with E-state index in [4.69, 9.17) is 9.47 Å². The standard InChI is InChI=1S/C30H47N3O6/c1-4-5-17-31-29(37)39-19-18-38-28(36)30(2,3)32-26(34)24-20-23-15-11-6-7-12-16-25(23)33(27(24)35)21-22-13-9-8-10-14-22/h20,22H,4-19,21H2,1-3H3,(H,31,37)(H,32,34). The van der Waals surface area contributed by atoms with Crippen LogP contribution in [0.25, 0.3) is 0 Å². The first-order valence-corrected chi connectivity index (χ1v) is 14.9. The van der Waals surface area contributed by atoms with E-state index < -0.39 is 23.5 Å². The van der Waals surface area contributed by atoms with Crippen LogP contribution in [0.1, 0.15) is 113 Å². The number of rotatable bonds is 11. The quantitative estimate of drug-likeness (QED) is 0.309. The molecule has 2 aliphatic rings. The molecule has 1 aromatic heterocycles. The summed E-state index contributed by atoms with van der Waals surface area (Å²) in [6.45, 7) is 6.06. The molecule has 0 unspecified atom stereocenters. The van der Waals surface area contributed by atoms with Crippen LogP contribution in [0.15, 0.2) is 10.9 Å². The highest BCUT2D eigenvalue weighted by Gasteiger charge is 2.33. The Bertz CT molecular complexity index is 1040. The minimum absolute atomic E-state index is 0.0816. The Morgan fingerprint density at radius 1 is 0.974 bits per heavy atom. The van der Waals surface area contributed by atoms with Gasteiger partial charge >= 0.3 is 12.1 Å². The second-order valence-electron chi connectivity index (χ2n) is 11.5. The van der Waals surface area contributed by atoms with Gasteiger partial charge in [-0.25, -0.2) is 9.59 Å². The lowest BCUT2D eigenvalue weighted by atomic mass is 9.88. The average molecular weight is 546 g/mol. The van der Waals surface area contributed by atoms with Gasteiger partial charge in [0.1, 0.15) is 24.3 Å². The topological polar surface area (TPSA) is 116 Å². The van der Waals surface area contributed by atoms with E-state index >= 15 is 0 Å². The molecule has 0 aromatic carbocycles. The smallest absolute Gasteiger partial charge is 0.407 e. The fraction of sp³-hybridized carbons (Fsp3) is 0.733. The lowest BCUT2D eigenvalue weighted by molar-refractivity contribution is -0.150. The Balaban J connectivity index is 1.68. The van der Waals surface area contributed by atoms with Gasteiger partial charge in [0.2, 0.25) is 0 Å². The Labute approximate surface area is 232 Å². The van der Waals surface area contributed by atoms with Crippen LogP contribution in [0.2, 0.25) is 0 Å². The van der Waals surface area contributed by atoms with Crippen LogP contribution >= 0.6 is 0 Å². The van der Waals surface area contributed by atoms with Gasteiger partial charge in [0, 0.05) is 18.8 Å². The largest absolute Gasteiger partial charge is 0.460 e. The fourth-order valence-electron chi connectivity index (χ4n) is 5.49. The molecule has 2 aliphatic carbocycles. The molecule has 0 saturated heterocycles. The molecule has 0 radical (unpaired) electrons. The van der Waals surface area contributed by atoms with Crippen molar-refractivity contribution in [3.05, 3.63) is 33.2 Å². The highest BCUT2D eigenvalue weighted by Crippen LogP contribution is 2.27. The molecule has 1 aromatic rings. The molecule has 1 heterocycles. The van der Waals surface area contributed by atoms with Gasteiger partial charge in [-0.05, 0) is 76.3 Å². The van der Waals surface area contributed by atoms with Crippen molar-refractivity contribution in [2.75, 3.05) is 19.8 Å². The van der Waals surface area contributed by atoms with E-state index in [2.05, 4.69) is 10.6 Å². The van der Waals surface area contributed by atoms with Gasteiger partial charge in [0.25, 0.3) is 11.5 Å². The number of aryl methyl sites for hydroxylation is 1. The fourth-order valence-corrected chi connectivity index (χ4v) is 5.49. The van der Waals surface area contributed by atoms with Gasteiger partial charge in [-0.15, -0.1) is 0 Å². The van der Waals surface area contributed by atoms with Crippen LogP contribution in [0, 0.1) is 5.92 Å². The summed E-state index contributed by atoms with van der Waals surface area (Å²) in [5, 5.41) is 5.34. The zero-order valence-corrected chi connectivity index (χ0v) is 24.1. The SMILES string of the molecule is CCCCNC(=O)OCCOC(=O)C(C)(C)NC(=O)c1cc2c(n(CC3CCCCC3)c1=O)CCCCCC2. The van der Waals surface area contributed by atoms with Crippen LogP contribution in [-0.2, 0) is 33.7 Å². The molecule has 3 rings (SSSR count). The number of ether oxygens (including phenoxy) is 2. The number of carbonyl (C=O) groups is 3. The number of carbonyl (C=O) groups excluding carboxylic acids is 3. The van der Waals surface area contributed by atoms with Gasteiger partial charge in [-0.1, -0.05) is 45.4 Å². The van der Waals surface area contributed by atoms with E-state index in [1.807, 2.05) is 11.5 Å². The van der Waals surface area contributed by atoms with Crippen molar-refractivity contribution >= 4 is 18.0 Å². The number of amides is 2. The van der Waals surface area contributed by atoms with Crippen LogP contribution in [0.4, 0.5) is 4.79 Å². The lowest BCUT2D eigenvalue weighted by Gasteiger charge is -2.27. The summed E-state index contributed by atoms with van der Waals surface area (Å²) in [6.07, 6.45) is 13.2. The molecular formula is C30H47N3O6. The van der Waals surface area contributed by atoms with E-state index in [-0.39, 0.29) is 24.3 Å². The molecule has 0 atom stereocenters. The zero-order valence-electron chi connectivity index (χ0n) is 24.1. The molecule has 0 aliphatic heterocycles. The lowest BCUT2D eigenvalue weighted by Crippen LogP contribution is -2.52. The maximum Gasteiger partial charge on any atom is 0.407 e. The summed E-state index contributed by atoms with van der Waals surface area (Å²) >= 11 is 0. The van der Waals surface area contributed by atoms with Crippen molar-refractivity contribution in [1.29, 1.82) is 0 Å². The monoisotopic (exact) mass is 545 g/mol. The molecule has 1 saturated carbocycles. The number of hydrogen-bond acceptors (Lipinski definition) is 6. The van der Waals surface area contributed by atoms with E-state index in [9.17, 15) is 19.2 Å². The number of hydrogen-bond donors (Lipinski definition) is 2. The van der Waals surface area contributed by atoms with Crippen molar-refractivity contribution in [3.63, 3.8) is 0 Å². The Kier molecular flexibility index (Phi) is 11.9. The number of fused-ring (bicyclic) bond motifs is 1. The molecule has 9 nitrogen and oxygen atoms in total. The summed E-state index contributed by atoms with van der Waals surface area (Å²) in [7, 11) is 0. The third kappa shape index (κ3) is 9.11. The first-order valence-electron chi connectivity index (χ1n) is 14.9. The predicted octanol–water partition coefficient (Wildman–Crippen LogP) is 4.67. The predicted molar refractivity (Wildman–Crippen MR) is 150 cm³/mol. The van der Waals surface area contributed by atoms with E-state index in [0.717, 1.165) is 75.5 Å². The number of alkyl carbamates (subject to hydrolysis) is 1. The summed E-state index contributed by atoms with van der Waals surface area (Å²) in [6, 6.07) is 1.75. The third-order valence-corrected chi connectivity index (χ3v) is 7.80. The van der Waals surface area contributed by atoms with Gasteiger partial charge in [0.05, 0.1) is 0 Å². The zero-order chi connectivity index (χ0) is 28.3. The van der Waals surface area contributed by atoms with Crippen molar-refractivity contribution in [2.45, 2.75) is 116 Å². The third-order valence-electron chi connectivity index (χ3n) is 7.80. The number of pyridine rings is 1. The molecule has 2 N–H and O–H groups in total. The van der Waals surface area contributed by atoms with Crippen LogP contribution < -0.4 is 16.2 Å². The second kappa shape index (κ2) is 15.1. The molecule has 0 spiro atoms. The average Bonchev–Trinajstić information content (AvgIpc) is 2.89. The molecule has 1 fully saturated rings. The number of aromatic nitrogens is 1. The highest BCUT2D eigenvalue weighted by atomic mass is 16.6. The number of esters is 1. The summed E-state index contributed by atoms with van der Waals surface area (Å²) in [5.41, 5.74) is 0.595. The van der Waals surface area contributed by atoms with Gasteiger partial charge in [-0.3, -0.25) is 9.59 Å². The van der Waals surface area contributed by atoms with Gasteiger partial charge < -0.3 is 24.7 Å². The summed E-state index contributed by atoms with van der Waals surface area (Å²) < 4.78 is 12.1. The van der Waals surface area contributed by atoms with Crippen LogP contribution in [0.3, 0.4) is 0 Å². The minimum Gasteiger partial charge on any atom is -0.460 e. The van der Waals surface area contributed by atoms with Gasteiger partial charge in [-0.2, -0.15) is 0 Å². The summed E-state index contributed by atoms with van der Waals surface area (Å²) in [5.74, 6) is -0.790. The van der Waals surface area contributed by atoms with Crippen LogP contribution in [-0.4, -0.2) is 47.8 Å². The molecular weight excluding hydrogens is 498 g/mol. The second-order valence-corrected chi connectivity index (χ2v) is 11.5. The Morgan fingerprint density at radius 3 is 2.36 bits per heavy atom. The number of nitrogens with zero attached hydrogens (tertiary/aromatic N) is 1. The molecule has 2 amide bonds. The van der Waals surface area contributed by atoms with E-state index in [1.165, 1.54) is 19.3 Å². The first kappa shape index (κ1) is 30.7. The van der Waals surface area contributed by atoms with Crippen molar-refractivity contribution in [1.82, 2.24) is 15.2 Å². The van der Waals surface area contributed by atoms with E-state index in [0.29, 0.717) is 19.0 Å². The maximum absolute atomic E-state index is 13.7. The maximum atomic E-state index is 13.7. The minimum atomic E-state index is -1.37. The Hall–Kier alpha value is -2.84. The molecule has 218 valence electrons. The van der Waals surface area contributed by atoms with Gasteiger partial charge in [0.15, 0.2) is 0 Å². The number of nitrogens with one attached hydrogen (secondary N) is 2. The molecule has 9 heteroatoms. The summed E-state index contributed by atoms with van der Waals surface area (Å²) in [4.78, 5) is 51.5. The van der Waals surface area contributed by atoms with Crippen molar-refractivity contribution in [2.24, 2.45) is 5.92 Å². The first-order chi connectivity index (χ1) is 18.7. The Morgan fingerprint density at radius 2 is 1.64 bits per heavy atom. The van der Waals surface area contributed by atoms with Crippen molar-refractivity contribution < 1.29 is 23.9 Å².